The van der Waals surface area contributed by atoms with Gasteiger partial charge in [-0.3, -0.25) is 4.79 Å². The summed E-state index contributed by atoms with van der Waals surface area (Å²) >= 11 is 0. The molecule has 3 nitrogen and oxygen atoms in total. The number of nitrogens with zero attached hydrogens (tertiary/aromatic N) is 1. The molecule has 2 fully saturated rings. The van der Waals surface area contributed by atoms with Gasteiger partial charge in [0.25, 0.3) is 0 Å². The number of rotatable bonds is 0. The summed E-state index contributed by atoms with van der Waals surface area (Å²) < 4.78 is 42.1. The molecule has 0 saturated carbocycles. The van der Waals surface area contributed by atoms with Crippen LogP contribution in [0.4, 0.5) is 13.2 Å². The SMILES string of the molecule is C#CC1N(C(=O)C(F)(F)F)CC12CCOCC2. The van der Waals surface area contributed by atoms with Gasteiger partial charge in [-0.25, -0.2) is 0 Å². The molecule has 0 N–H and O–H groups in total. The fourth-order valence-corrected chi connectivity index (χ4v) is 2.56. The summed E-state index contributed by atoms with van der Waals surface area (Å²) in [4.78, 5) is 11.9. The van der Waals surface area contributed by atoms with Crippen LogP contribution >= 0.6 is 0 Å². The molecule has 0 aromatic rings. The number of ether oxygens (including phenoxy) is 1. The molecule has 0 radical (unpaired) electrons. The second-order valence-electron chi connectivity index (χ2n) is 4.47. The van der Waals surface area contributed by atoms with Gasteiger partial charge >= 0.3 is 12.1 Å². The Hall–Kier alpha value is -1.22. The highest BCUT2D eigenvalue weighted by Crippen LogP contribution is 2.46. The summed E-state index contributed by atoms with van der Waals surface area (Å²) in [6, 6.07) is -0.750. The van der Waals surface area contributed by atoms with Crippen molar-refractivity contribution in [3.63, 3.8) is 0 Å². The Bertz CT molecular complexity index is 366. The topological polar surface area (TPSA) is 29.5 Å². The molecule has 2 aliphatic rings. The minimum Gasteiger partial charge on any atom is -0.381 e. The highest BCUT2D eigenvalue weighted by atomic mass is 19.4. The Morgan fingerprint density at radius 3 is 2.47 bits per heavy atom. The normalized spacial score (nSPS) is 27.4. The van der Waals surface area contributed by atoms with E-state index < -0.39 is 18.1 Å². The summed E-state index contributed by atoms with van der Waals surface area (Å²) in [5.74, 6) is 0.479. The van der Waals surface area contributed by atoms with Gasteiger partial charge < -0.3 is 9.64 Å². The van der Waals surface area contributed by atoms with Gasteiger partial charge in [0, 0.05) is 25.2 Å². The van der Waals surface area contributed by atoms with E-state index in [-0.39, 0.29) is 12.0 Å². The van der Waals surface area contributed by atoms with E-state index in [1.165, 1.54) is 0 Å². The molecule has 94 valence electrons. The van der Waals surface area contributed by atoms with Crippen LogP contribution in [0.25, 0.3) is 0 Å². The summed E-state index contributed by atoms with van der Waals surface area (Å²) in [6.45, 7) is 1.07. The zero-order chi connectivity index (χ0) is 12.7. The van der Waals surface area contributed by atoms with Crippen molar-refractivity contribution in [2.45, 2.75) is 25.1 Å². The van der Waals surface area contributed by atoms with Crippen LogP contribution in [0.3, 0.4) is 0 Å². The minimum atomic E-state index is -4.85. The van der Waals surface area contributed by atoms with Crippen LogP contribution in [-0.4, -0.2) is 42.8 Å². The first-order valence-corrected chi connectivity index (χ1v) is 5.32. The van der Waals surface area contributed by atoms with Crippen LogP contribution in [0.1, 0.15) is 12.8 Å². The lowest BCUT2D eigenvalue weighted by Crippen LogP contribution is -2.69. The number of hydrogen-bond acceptors (Lipinski definition) is 2. The molecule has 1 amide bonds. The molecular weight excluding hydrogens is 235 g/mol. The predicted molar refractivity (Wildman–Crippen MR) is 52.9 cm³/mol. The third kappa shape index (κ3) is 1.89. The molecular formula is C11H12F3NO2. The number of halogens is 3. The fraction of sp³-hybridized carbons (Fsp3) is 0.727. The predicted octanol–water partition coefficient (Wildman–Crippen LogP) is 1.19. The summed E-state index contributed by atoms with van der Waals surface area (Å²) in [7, 11) is 0. The van der Waals surface area contributed by atoms with Gasteiger partial charge in [-0.05, 0) is 12.8 Å². The number of alkyl halides is 3. The molecule has 2 rings (SSSR count). The number of hydrogen-bond donors (Lipinski definition) is 0. The van der Waals surface area contributed by atoms with Crippen LogP contribution in [-0.2, 0) is 9.53 Å². The third-order valence-electron chi connectivity index (χ3n) is 3.53. The number of terminal acetylenes is 1. The molecule has 2 aliphatic heterocycles. The third-order valence-corrected chi connectivity index (χ3v) is 3.53. The minimum absolute atomic E-state index is 0.0869. The van der Waals surface area contributed by atoms with Crippen molar-refractivity contribution in [2.75, 3.05) is 19.8 Å². The average Bonchev–Trinajstić information content (AvgIpc) is 2.26. The van der Waals surface area contributed by atoms with Crippen molar-refractivity contribution in [1.29, 1.82) is 0 Å². The Morgan fingerprint density at radius 1 is 1.41 bits per heavy atom. The van der Waals surface area contributed by atoms with E-state index >= 15 is 0 Å². The molecule has 1 spiro atoms. The standard InChI is InChI=1S/C11H12F3NO2/c1-2-8-10(3-5-17-6-4-10)7-15(8)9(16)11(12,13)14/h1,8H,3-7H2. The molecule has 0 bridgehead atoms. The van der Waals surface area contributed by atoms with Crippen LogP contribution in [0.2, 0.25) is 0 Å². The summed E-state index contributed by atoms with van der Waals surface area (Å²) in [5, 5.41) is 0. The maximum absolute atomic E-state index is 12.3. The molecule has 17 heavy (non-hydrogen) atoms. The van der Waals surface area contributed by atoms with E-state index in [4.69, 9.17) is 11.2 Å². The highest BCUT2D eigenvalue weighted by Gasteiger charge is 2.58. The lowest BCUT2D eigenvalue weighted by molar-refractivity contribution is -0.206. The molecule has 2 saturated heterocycles. The van der Waals surface area contributed by atoms with Gasteiger partial charge in [0.05, 0.1) is 0 Å². The molecule has 1 atom stereocenters. The average molecular weight is 247 g/mol. The smallest absolute Gasteiger partial charge is 0.381 e. The van der Waals surface area contributed by atoms with Crippen molar-refractivity contribution < 1.29 is 22.7 Å². The van der Waals surface area contributed by atoms with Crippen molar-refractivity contribution in [2.24, 2.45) is 5.41 Å². The molecule has 2 heterocycles. The van der Waals surface area contributed by atoms with Crippen LogP contribution in [0, 0.1) is 17.8 Å². The number of carbonyl (C=O) groups is 1. The maximum atomic E-state index is 12.3. The zero-order valence-corrected chi connectivity index (χ0v) is 9.09. The molecule has 0 aromatic heterocycles. The second kappa shape index (κ2) is 3.91. The lowest BCUT2D eigenvalue weighted by Gasteiger charge is -2.56. The van der Waals surface area contributed by atoms with Crippen LogP contribution in [0.5, 0.6) is 0 Å². The van der Waals surface area contributed by atoms with Gasteiger partial charge in [-0.15, -0.1) is 6.42 Å². The molecule has 0 aromatic carbocycles. The largest absolute Gasteiger partial charge is 0.471 e. The molecule has 1 unspecified atom stereocenters. The van der Waals surface area contributed by atoms with Gasteiger partial charge in [-0.2, -0.15) is 13.2 Å². The Kier molecular flexibility index (Phi) is 2.82. The van der Waals surface area contributed by atoms with Gasteiger partial charge in [0.2, 0.25) is 0 Å². The summed E-state index contributed by atoms with van der Waals surface area (Å²) in [6.07, 6.45) is 1.64. The van der Waals surface area contributed by atoms with Crippen molar-refractivity contribution >= 4 is 5.91 Å². The van der Waals surface area contributed by atoms with E-state index in [0.29, 0.717) is 26.1 Å². The molecule has 0 aliphatic carbocycles. The van der Waals surface area contributed by atoms with E-state index in [0.717, 1.165) is 4.90 Å². The van der Waals surface area contributed by atoms with Crippen LogP contribution < -0.4 is 0 Å². The first-order chi connectivity index (χ1) is 7.91. The monoisotopic (exact) mass is 247 g/mol. The maximum Gasteiger partial charge on any atom is 0.471 e. The summed E-state index contributed by atoms with van der Waals surface area (Å²) in [5.41, 5.74) is -0.367. The first-order valence-electron chi connectivity index (χ1n) is 5.32. The fourth-order valence-electron chi connectivity index (χ4n) is 2.56. The van der Waals surface area contributed by atoms with E-state index in [2.05, 4.69) is 5.92 Å². The van der Waals surface area contributed by atoms with Gasteiger partial charge in [0.15, 0.2) is 0 Å². The second-order valence-corrected chi connectivity index (χ2v) is 4.47. The zero-order valence-electron chi connectivity index (χ0n) is 9.09. The van der Waals surface area contributed by atoms with Gasteiger partial charge in [0.1, 0.15) is 6.04 Å². The highest BCUT2D eigenvalue weighted by molar-refractivity contribution is 5.83. The van der Waals surface area contributed by atoms with Crippen molar-refractivity contribution in [3.8, 4) is 12.3 Å². The van der Waals surface area contributed by atoms with Crippen molar-refractivity contribution in [1.82, 2.24) is 4.90 Å². The van der Waals surface area contributed by atoms with E-state index in [1.54, 1.807) is 0 Å². The first kappa shape index (κ1) is 12.2. The van der Waals surface area contributed by atoms with E-state index in [9.17, 15) is 18.0 Å². The lowest BCUT2D eigenvalue weighted by atomic mass is 9.66. The van der Waals surface area contributed by atoms with Gasteiger partial charge in [-0.1, -0.05) is 5.92 Å². The number of amides is 1. The van der Waals surface area contributed by atoms with Crippen molar-refractivity contribution in [3.05, 3.63) is 0 Å². The Morgan fingerprint density at radius 2 is 2.00 bits per heavy atom. The Balaban J connectivity index is 2.11. The van der Waals surface area contributed by atoms with E-state index in [1.807, 2.05) is 0 Å². The van der Waals surface area contributed by atoms with Crippen LogP contribution in [0.15, 0.2) is 0 Å². The number of carbonyl (C=O) groups excluding carboxylic acids is 1. The molecule has 6 heteroatoms. The Labute approximate surface area is 96.9 Å². The quantitative estimate of drug-likeness (QED) is 0.602. The number of likely N-dealkylation sites (tertiary alicyclic amines) is 1.